The van der Waals surface area contributed by atoms with Crippen molar-refractivity contribution < 1.29 is 27.5 Å². The Kier molecular flexibility index (Phi) is 7.66. The molecule has 2 aliphatic rings. The summed E-state index contributed by atoms with van der Waals surface area (Å²) in [6, 6.07) is 6.78. The second-order valence-corrected chi connectivity index (χ2v) is 9.24. The van der Waals surface area contributed by atoms with Crippen molar-refractivity contribution in [3.8, 4) is 5.75 Å². The Hall–Kier alpha value is -2.74. The van der Waals surface area contributed by atoms with E-state index in [0.717, 1.165) is 24.6 Å². The van der Waals surface area contributed by atoms with E-state index in [2.05, 4.69) is 5.32 Å². The summed E-state index contributed by atoms with van der Waals surface area (Å²) in [5, 5.41) is 2.87. The molecule has 4 rings (SSSR count). The van der Waals surface area contributed by atoms with Crippen LogP contribution in [0.4, 0.5) is 13.2 Å². The number of nitrogens with one attached hydrogen (secondary N) is 1. The van der Waals surface area contributed by atoms with E-state index in [1.54, 1.807) is 4.90 Å². The summed E-state index contributed by atoms with van der Waals surface area (Å²) in [7, 11) is 0. The fourth-order valence-electron chi connectivity index (χ4n) is 4.83. The number of hydrogen-bond acceptors (Lipinski definition) is 3. The van der Waals surface area contributed by atoms with Crippen LogP contribution in [-0.2, 0) is 9.59 Å². The van der Waals surface area contributed by atoms with Crippen molar-refractivity contribution in [2.24, 2.45) is 5.92 Å². The lowest BCUT2D eigenvalue weighted by Gasteiger charge is -2.33. The largest absolute Gasteiger partial charge is 0.484 e. The first kappa shape index (κ1) is 24.4. The Morgan fingerprint density at radius 2 is 1.76 bits per heavy atom. The lowest BCUT2D eigenvalue weighted by atomic mass is 9.84. The third-order valence-electron chi connectivity index (χ3n) is 6.56. The zero-order valence-electron chi connectivity index (χ0n) is 18.5. The molecule has 2 aromatic carbocycles. The molecule has 182 valence electrons. The van der Waals surface area contributed by atoms with Crippen LogP contribution >= 0.6 is 11.6 Å². The van der Waals surface area contributed by atoms with Gasteiger partial charge >= 0.3 is 0 Å². The molecule has 2 fully saturated rings. The highest BCUT2D eigenvalue weighted by atomic mass is 35.5. The van der Waals surface area contributed by atoms with Crippen LogP contribution in [-0.4, -0.2) is 35.9 Å². The van der Waals surface area contributed by atoms with Gasteiger partial charge in [0.2, 0.25) is 5.91 Å². The van der Waals surface area contributed by atoms with E-state index in [1.165, 1.54) is 18.2 Å². The third kappa shape index (κ3) is 5.66. The van der Waals surface area contributed by atoms with E-state index in [0.29, 0.717) is 38.6 Å². The molecule has 1 aliphatic carbocycles. The number of benzene rings is 2. The summed E-state index contributed by atoms with van der Waals surface area (Å²) in [6.45, 7) is 0.271. The van der Waals surface area contributed by atoms with Gasteiger partial charge in [0.1, 0.15) is 23.2 Å². The number of hydrogen-bond donors (Lipinski definition) is 1. The standard InChI is InChI=1S/C25H26ClF3N2O3/c26-20-9-8-18(13-22(20)29)34-14-24(32)30-17-6-3-15(4-7-17)25(33)31-11-1-2-23(31)19-12-16(27)5-10-21(19)28/h5,8-10,12-13,15,17,23H,1-4,6-7,11,14H2,(H,30,32)/t15-,17-,23?. The minimum Gasteiger partial charge on any atom is -0.484 e. The molecule has 1 saturated heterocycles. The molecular weight excluding hydrogens is 469 g/mol. The molecule has 1 heterocycles. The van der Waals surface area contributed by atoms with Gasteiger partial charge in [-0.2, -0.15) is 0 Å². The van der Waals surface area contributed by atoms with Gasteiger partial charge < -0.3 is 15.0 Å². The number of likely N-dealkylation sites (tertiary alicyclic amines) is 1. The van der Waals surface area contributed by atoms with Crippen LogP contribution < -0.4 is 10.1 Å². The van der Waals surface area contributed by atoms with E-state index in [-0.39, 0.29) is 46.7 Å². The molecule has 0 spiro atoms. The van der Waals surface area contributed by atoms with Crippen LogP contribution in [0.2, 0.25) is 5.02 Å². The summed E-state index contributed by atoms with van der Waals surface area (Å²) in [6.07, 6.45) is 3.81. The van der Waals surface area contributed by atoms with Crippen molar-refractivity contribution in [3.63, 3.8) is 0 Å². The number of nitrogens with zero attached hydrogens (tertiary/aromatic N) is 1. The van der Waals surface area contributed by atoms with E-state index >= 15 is 0 Å². The minimum atomic E-state index is -0.622. The molecule has 0 aromatic heterocycles. The van der Waals surface area contributed by atoms with Gasteiger partial charge in [0, 0.05) is 30.1 Å². The van der Waals surface area contributed by atoms with Crippen molar-refractivity contribution >= 4 is 23.4 Å². The number of carbonyl (C=O) groups excluding carboxylic acids is 2. The van der Waals surface area contributed by atoms with Crippen molar-refractivity contribution in [2.45, 2.75) is 50.6 Å². The predicted octanol–water partition coefficient (Wildman–Crippen LogP) is 5.17. The smallest absolute Gasteiger partial charge is 0.258 e. The SMILES string of the molecule is O=C(COc1ccc(Cl)c(F)c1)N[C@H]1CC[C@H](C(=O)N2CCCC2c2cc(F)ccc2F)CC1. The highest BCUT2D eigenvalue weighted by molar-refractivity contribution is 6.30. The predicted molar refractivity (Wildman–Crippen MR) is 121 cm³/mol. The zero-order chi connectivity index (χ0) is 24.2. The molecule has 1 aliphatic heterocycles. The molecule has 0 radical (unpaired) electrons. The molecular formula is C25H26ClF3N2O3. The maximum Gasteiger partial charge on any atom is 0.258 e. The average molecular weight is 495 g/mol. The maximum absolute atomic E-state index is 14.3. The molecule has 5 nitrogen and oxygen atoms in total. The van der Waals surface area contributed by atoms with Crippen molar-refractivity contribution in [3.05, 3.63) is 64.4 Å². The summed E-state index contributed by atoms with van der Waals surface area (Å²) in [5.41, 5.74) is 0.229. The maximum atomic E-state index is 14.3. The number of ether oxygens (including phenoxy) is 1. The second-order valence-electron chi connectivity index (χ2n) is 8.84. The summed E-state index contributed by atoms with van der Waals surface area (Å²) in [4.78, 5) is 27.1. The summed E-state index contributed by atoms with van der Waals surface area (Å²) >= 11 is 5.63. The molecule has 34 heavy (non-hydrogen) atoms. The third-order valence-corrected chi connectivity index (χ3v) is 6.86. The highest BCUT2D eigenvalue weighted by Gasteiger charge is 2.37. The highest BCUT2D eigenvalue weighted by Crippen LogP contribution is 2.37. The Bertz CT molecular complexity index is 1060. The van der Waals surface area contributed by atoms with Gasteiger partial charge in [-0.25, -0.2) is 13.2 Å². The summed E-state index contributed by atoms with van der Waals surface area (Å²) in [5.74, 6) is -2.00. The fourth-order valence-corrected chi connectivity index (χ4v) is 4.95. The fraction of sp³-hybridized carbons (Fsp3) is 0.440. The molecule has 1 atom stereocenters. The number of rotatable bonds is 6. The Labute approximate surface area is 201 Å². The van der Waals surface area contributed by atoms with Gasteiger partial charge in [-0.3, -0.25) is 9.59 Å². The average Bonchev–Trinajstić information content (AvgIpc) is 3.31. The molecule has 2 amide bonds. The normalized spacial score (nSPS) is 22.5. The molecule has 0 bridgehead atoms. The first-order valence-electron chi connectivity index (χ1n) is 11.4. The van der Waals surface area contributed by atoms with E-state index in [1.807, 2.05) is 0 Å². The van der Waals surface area contributed by atoms with Crippen molar-refractivity contribution in [1.82, 2.24) is 10.2 Å². The van der Waals surface area contributed by atoms with Crippen LogP contribution in [0.5, 0.6) is 5.75 Å². The summed E-state index contributed by atoms with van der Waals surface area (Å²) < 4.78 is 46.8. The lowest BCUT2D eigenvalue weighted by molar-refractivity contribution is -0.137. The van der Waals surface area contributed by atoms with Gasteiger partial charge in [0.15, 0.2) is 6.61 Å². The minimum absolute atomic E-state index is 0.0237. The Balaban J connectivity index is 1.26. The molecule has 9 heteroatoms. The van der Waals surface area contributed by atoms with E-state index < -0.39 is 23.5 Å². The van der Waals surface area contributed by atoms with Crippen LogP contribution in [0, 0.1) is 23.4 Å². The van der Waals surface area contributed by atoms with Gasteiger partial charge in [0.05, 0.1) is 11.1 Å². The molecule has 2 aromatic rings. The topological polar surface area (TPSA) is 58.6 Å². The van der Waals surface area contributed by atoms with E-state index in [9.17, 15) is 22.8 Å². The van der Waals surface area contributed by atoms with Gasteiger partial charge in [0.25, 0.3) is 5.91 Å². The molecule has 1 unspecified atom stereocenters. The van der Waals surface area contributed by atoms with E-state index in [4.69, 9.17) is 16.3 Å². The van der Waals surface area contributed by atoms with Gasteiger partial charge in [-0.15, -0.1) is 0 Å². The number of carbonyl (C=O) groups is 2. The lowest BCUT2D eigenvalue weighted by Crippen LogP contribution is -2.43. The van der Waals surface area contributed by atoms with Gasteiger partial charge in [-0.1, -0.05) is 11.6 Å². The zero-order valence-corrected chi connectivity index (χ0v) is 19.3. The van der Waals surface area contributed by atoms with Crippen LogP contribution in [0.25, 0.3) is 0 Å². The number of halogens is 4. The second kappa shape index (κ2) is 10.7. The van der Waals surface area contributed by atoms with Crippen LogP contribution in [0.3, 0.4) is 0 Å². The Morgan fingerprint density at radius 3 is 2.50 bits per heavy atom. The van der Waals surface area contributed by atoms with Gasteiger partial charge in [-0.05, 0) is 68.9 Å². The first-order chi connectivity index (χ1) is 16.3. The van der Waals surface area contributed by atoms with Crippen LogP contribution in [0.15, 0.2) is 36.4 Å². The molecule has 1 saturated carbocycles. The Morgan fingerprint density at radius 1 is 1.00 bits per heavy atom. The number of amides is 2. The van der Waals surface area contributed by atoms with Crippen LogP contribution in [0.1, 0.15) is 50.1 Å². The molecule has 1 N–H and O–H groups in total. The monoisotopic (exact) mass is 494 g/mol. The quantitative estimate of drug-likeness (QED) is 0.602. The first-order valence-corrected chi connectivity index (χ1v) is 11.8. The van der Waals surface area contributed by atoms with Crippen molar-refractivity contribution in [1.29, 1.82) is 0 Å². The van der Waals surface area contributed by atoms with Crippen molar-refractivity contribution in [2.75, 3.05) is 13.2 Å².